The van der Waals surface area contributed by atoms with Gasteiger partial charge in [-0.2, -0.15) is 4.73 Å². The number of hydrogen-bond acceptors (Lipinski definition) is 5. The number of nitrogens with zero attached hydrogens (tertiary/aromatic N) is 3. The van der Waals surface area contributed by atoms with Gasteiger partial charge >= 0.3 is 0 Å². The Morgan fingerprint density at radius 3 is 2.83 bits per heavy atom. The number of aryl methyl sites for hydroxylation is 1. The number of hydroxylamine groups is 2. The van der Waals surface area contributed by atoms with Gasteiger partial charge < -0.3 is 10.5 Å². The van der Waals surface area contributed by atoms with Crippen molar-refractivity contribution < 1.29 is 9.57 Å². The minimum Gasteiger partial charge on any atom is -0.618 e. The molecule has 1 N–H and O–H groups in total. The van der Waals surface area contributed by atoms with Crippen molar-refractivity contribution in [3.63, 3.8) is 0 Å². The molecule has 0 saturated carbocycles. The van der Waals surface area contributed by atoms with Gasteiger partial charge in [0.15, 0.2) is 12.8 Å². The monoisotopic (exact) mass is 366 g/mol. The van der Waals surface area contributed by atoms with Crippen LogP contribution in [0.15, 0.2) is 41.5 Å². The minimum absolute atomic E-state index is 0.141. The Morgan fingerprint density at radius 1 is 1.33 bits per heavy atom. The summed E-state index contributed by atoms with van der Waals surface area (Å²) in [6.07, 6.45) is 1.47. The zero-order chi connectivity index (χ0) is 17.1. The summed E-state index contributed by atoms with van der Waals surface area (Å²) in [5.41, 5.74) is 2.10. The van der Waals surface area contributed by atoms with E-state index in [-0.39, 0.29) is 6.61 Å². The molecule has 1 aromatic carbocycles. The van der Waals surface area contributed by atoms with Crippen molar-refractivity contribution in [2.45, 2.75) is 13.5 Å². The highest BCUT2D eigenvalue weighted by Gasteiger charge is 2.21. The third-order valence-electron chi connectivity index (χ3n) is 3.52. The fraction of sp³-hybridized carbons (Fsp3) is 0.250. The molecule has 0 unspecified atom stereocenters. The second-order valence-corrected chi connectivity index (χ2v) is 6.14. The van der Waals surface area contributed by atoms with Crippen LogP contribution in [0.25, 0.3) is 0 Å². The first-order valence-corrected chi connectivity index (χ1v) is 8.15. The maximum atomic E-state index is 11.8. The van der Waals surface area contributed by atoms with Gasteiger partial charge in [-0.1, -0.05) is 29.3 Å². The summed E-state index contributed by atoms with van der Waals surface area (Å²) in [6, 6.07) is 8.79. The normalized spacial score (nSPS) is 14.0. The first-order chi connectivity index (χ1) is 11.5. The summed E-state index contributed by atoms with van der Waals surface area (Å²) in [6.45, 7) is 3.22. The van der Waals surface area contributed by atoms with Gasteiger partial charge in [0.1, 0.15) is 0 Å². The number of anilines is 1. The standard InChI is InChI=1S/C16H16Cl2N4O2/c1-11-5-7-21(23)12(9-11)10-24-22-8-6-19-16(22)20-15-13(17)3-2-4-14(15)18/h2-5,7,9H,6,8,10H2,1H3,(H,19,20). The van der Waals surface area contributed by atoms with Crippen LogP contribution in [0.4, 0.5) is 5.69 Å². The average molecular weight is 367 g/mol. The second-order valence-electron chi connectivity index (χ2n) is 5.32. The van der Waals surface area contributed by atoms with Crippen LogP contribution in [-0.2, 0) is 11.4 Å². The third kappa shape index (κ3) is 3.72. The molecule has 2 aromatic rings. The van der Waals surface area contributed by atoms with Gasteiger partial charge in [0, 0.05) is 12.1 Å². The van der Waals surface area contributed by atoms with E-state index < -0.39 is 0 Å². The molecule has 1 aliphatic rings. The first kappa shape index (κ1) is 16.8. The largest absolute Gasteiger partial charge is 0.618 e. The van der Waals surface area contributed by atoms with Crippen molar-refractivity contribution in [1.82, 2.24) is 5.06 Å². The number of pyridine rings is 1. The van der Waals surface area contributed by atoms with Gasteiger partial charge in [-0.15, -0.1) is 0 Å². The van der Waals surface area contributed by atoms with Crippen molar-refractivity contribution in [3.8, 4) is 0 Å². The van der Waals surface area contributed by atoms with Crippen molar-refractivity contribution in [3.05, 3.63) is 63.0 Å². The topological polar surface area (TPSA) is 63.8 Å². The lowest BCUT2D eigenvalue weighted by Crippen LogP contribution is -2.37. The summed E-state index contributed by atoms with van der Waals surface area (Å²) < 4.78 is 0.790. The number of para-hydroxylation sites is 1. The molecule has 1 aliphatic heterocycles. The summed E-state index contributed by atoms with van der Waals surface area (Å²) in [7, 11) is 0. The predicted octanol–water partition coefficient (Wildman–Crippen LogP) is 3.15. The van der Waals surface area contributed by atoms with Crippen LogP contribution in [0.5, 0.6) is 0 Å². The highest BCUT2D eigenvalue weighted by Crippen LogP contribution is 2.30. The average Bonchev–Trinajstić information content (AvgIpc) is 2.99. The predicted molar refractivity (Wildman–Crippen MR) is 94.0 cm³/mol. The van der Waals surface area contributed by atoms with Crippen LogP contribution >= 0.6 is 23.2 Å². The third-order valence-corrected chi connectivity index (χ3v) is 4.15. The Balaban J connectivity index is 1.69. The molecular weight excluding hydrogens is 351 g/mol. The number of aliphatic imine (C=N–C) groups is 1. The number of benzene rings is 1. The molecule has 0 radical (unpaired) electrons. The molecule has 0 saturated heterocycles. The van der Waals surface area contributed by atoms with Crippen LogP contribution in [0.1, 0.15) is 11.3 Å². The van der Waals surface area contributed by atoms with E-state index in [0.717, 1.165) is 10.3 Å². The number of guanidine groups is 1. The van der Waals surface area contributed by atoms with Crippen molar-refractivity contribution in [1.29, 1.82) is 0 Å². The van der Waals surface area contributed by atoms with Crippen molar-refractivity contribution in [2.24, 2.45) is 4.99 Å². The Labute approximate surface area is 149 Å². The second kappa shape index (κ2) is 7.25. The first-order valence-electron chi connectivity index (χ1n) is 7.39. The molecule has 0 bridgehead atoms. The molecule has 3 rings (SSSR count). The van der Waals surface area contributed by atoms with E-state index in [4.69, 9.17) is 28.0 Å². The number of halogens is 2. The molecular formula is C16H16Cl2N4O2. The lowest BCUT2D eigenvalue weighted by molar-refractivity contribution is -0.617. The van der Waals surface area contributed by atoms with Crippen LogP contribution in [-0.4, -0.2) is 24.1 Å². The molecule has 24 heavy (non-hydrogen) atoms. The number of hydrogen-bond donors (Lipinski definition) is 1. The minimum atomic E-state index is 0.141. The quantitative estimate of drug-likeness (QED) is 0.666. The van der Waals surface area contributed by atoms with E-state index in [2.05, 4.69) is 10.3 Å². The van der Waals surface area contributed by atoms with E-state index in [0.29, 0.717) is 40.5 Å². The summed E-state index contributed by atoms with van der Waals surface area (Å²) in [5, 5.41) is 17.5. The van der Waals surface area contributed by atoms with Crippen LogP contribution < -0.4 is 10.0 Å². The molecule has 0 fully saturated rings. The lowest BCUT2D eigenvalue weighted by atomic mass is 10.2. The van der Waals surface area contributed by atoms with Crippen LogP contribution in [0.2, 0.25) is 10.0 Å². The fourth-order valence-electron chi connectivity index (χ4n) is 2.29. The zero-order valence-corrected chi connectivity index (χ0v) is 14.5. The SMILES string of the molecule is Cc1cc[n+]([O-])c(CON2CCN=C2Nc2c(Cl)cccc2Cl)c1. The highest BCUT2D eigenvalue weighted by molar-refractivity contribution is 6.39. The Hall–Kier alpha value is -2.02. The van der Waals surface area contributed by atoms with Gasteiger partial charge in [-0.3, -0.25) is 4.84 Å². The van der Waals surface area contributed by atoms with Gasteiger partial charge in [0.2, 0.25) is 11.7 Å². The van der Waals surface area contributed by atoms with E-state index in [1.165, 1.54) is 6.20 Å². The maximum absolute atomic E-state index is 11.8. The molecule has 1 aromatic heterocycles. The molecule has 0 amide bonds. The molecule has 8 heteroatoms. The molecule has 126 valence electrons. The summed E-state index contributed by atoms with van der Waals surface area (Å²) in [5.74, 6) is 0.509. The van der Waals surface area contributed by atoms with E-state index in [9.17, 15) is 5.21 Å². The van der Waals surface area contributed by atoms with E-state index in [1.807, 2.05) is 6.92 Å². The molecule has 0 aliphatic carbocycles. The van der Waals surface area contributed by atoms with E-state index in [1.54, 1.807) is 35.4 Å². The van der Waals surface area contributed by atoms with Crippen molar-refractivity contribution >= 4 is 34.8 Å². The molecule has 0 atom stereocenters. The fourth-order valence-corrected chi connectivity index (χ4v) is 2.78. The lowest BCUT2D eigenvalue weighted by Gasteiger charge is -2.21. The van der Waals surface area contributed by atoms with E-state index >= 15 is 0 Å². The number of rotatable bonds is 4. The van der Waals surface area contributed by atoms with Crippen LogP contribution in [0.3, 0.4) is 0 Å². The highest BCUT2D eigenvalue weighted by atomic mass is 35.5. The smallest absolute Gasteiger partial charge is 0.223 e. The van der Waals surface area contributed by atoms with Crippen molar-refractivity contribution in [2.75, 3.05) is 18.4 Å². The van der Waals surface area contributed by atoms with Gasteiger partial charge in [0.25, 0.3) is 0 Å². The Kier molecular flexibility index (Phi) is 5.08. The molecule has 6 nitrogen and oxygen atoms in total. The summed E-state index contributed by atoms with van der Waals surface area (Å²) in [4.78, 5) is 10.1. The molecule has 0 spiro atoms. The maximum Gasteiger partial charge on any atom is 0.223 e. The van der Waals surface area contributed by atoms with Crippen LogP contribution in [0, 0.1) is 12.1 Å². The summed E-state index contributed by atoms with van der Waals surface area (Å²) >= 11 is 12.3. The number of aromatic nitrogens is 1. The Morgan fingerprint density at radius 2 is 2.08 bits per heavy atom. The Bertz CT molecular complexity index is 762. The van der Waals surface area contributed by atoms with Gasteiger partial charge in [-0.25, -0.2) is 10.1 Å². The molecule has 2 heterocycles. The van der Waals surface area contributed by atoms with Gasteiger partial charge in [-0.05, 0) is 24.6 Å². The van der Waals surface area contributed by atoms with Gasteiger partial charge in [0.05, 0.1) is 28.8 Å². The zero-order valence-electron chi connectivity index (χ0n) is 13.0. The number of nitrogens with one attached hydrogen (secondary N) is 1.